The number of ether oxygens (including phenoxy) is 1. The summed E-state index contributed by atoms with van der Waals surface area (Å²) in [4.78, 5) is 36.1. The molecule has 1 N–H and O–H groups in total. The minimum atomic E-state index is -0.845. The van der Waals surface area contributed by atoms with Gasteiger partial charge in [0.05, 0.1) is 11.9 Å². The number of hydrogen-bond acceptors (Lipinski definition) is 5. The highest BCUT2D eigenvalue weighted by atomic mass is 16.5. The van der Waals surface area contributed by atoms with Crippen LogP contribution in [0.5, 0.6) is 0 Å². The van der Waals surface area contributed by atoms with Crippen molar-refractivity contribution >= 4 is 23.0 Å². The second-order valence-electron chi connectivity index (χ2n) is 6.71. The van der Waals surface area contributed by atoms with Crippen LogP contribution in [0.3, 0.4) is 0 Å². The fourth-order valence-corrected chi connectivity index (χ4v) is 3.30. The largest absolute Gasteiger partial charge is 0.452 e. The molecule has 1 aliphatic rings. The number of amides is 1. The quantitative estimate of drug-likeness (QED) is 0.799. The summed E-state index contributed by atoms with van der Waals surface area (Å²) in [5, 5.41) is 2.94. The van der Waals surface area contributed by atoms with Gasteiger partial charge < -0.3 is 14.5 Å². The van der Waals surface area contributed by atoms with Gasteiger partial charge in [-0.15, -0.1) is 0 Å². The average Bonchev–Trinajstić information content (AvgIpc) is 2.96. The number of aromatic nitrogens is 1. The smallest absolute Gasteiger partial charge is 0.419 e. The predicted molar refractivity (Wildman–Crippen MR) is 95.7 cm³/mol. The number of para-hydroxylation sites is 2. The molecular weight excluding hydrogens is 336 g/mol. The summed E-state index contributed by atoms with van der Waals surface area (Å²) in [5.41, 5.74) is 1.11. The lowest BCUT2D eigenvalue weighted by atomic mass is 9.95. The molecule has 0 spiro atoms. The van der Waals surface area contributed by atoms with E-state index in [-0.39, 0.29) is 24.9 Å². The molecule has 140 valence electrons. The summed E-state index contributed by atoms with van der Waals surface area (Å²) < 4.78 is 11.7. The number of nitrogens with one attached hydrogen (secondary N) is 1. The van der Waals surface area contributed by atoms with E-state index < -0.39 is 17.8 Å². The second-order valence-corrected chi connectivity index (χ2v) is 6.71. The van der Waals surface area contributed by atoms with Gasteiger partial charge >= 0.3 is 11.7 Å². The number of hydrogen-bond donors (Lipinski definition) is 1. The number of fused-ring (bicyclic) bond motifs is 1. The van der Waals surface area contributed by atoms with Crippen LogP contribution in [0.25, 0.3) is 11.1 Å². The van der Waals surface area contributed by atoms with E-state index in [2.05, 4.69) is 5.32 Å². The normalized spacial score (nSPS) is 16.3. The van der Waals surface area contributed by atoms with Gasteiger partial charge in [0.2, 0.25) is 0 Å². The van der Waals surface area contributed by atoms with Gasteiger partial charge in [0, 0.05) is 12.6 Å². The summed E-state index contributed by atoms with van der Waals surface area (Å²) in [6, 6.07) is 7.20. The van der Waals surface area contributed by atoms with E-state index in [0.29, 0.717) is 11.1 Å². The number of esters is 1. The van der Waals surface area contributed by atoms with E-state index in [1.807, 2.05) is 0 Å². The Morgan fingerprint density at radius 2 is 2.00 bits per heavy atom. The lowest BCUT2D eigenvalue weighted by Gasteiger charge is -2.24. The molecule has 0 radical (unpaired) electrons. The molecule has 1 aliphatic carbocycles. The zero-order valence-electron chi connectivity index (χ0n) is 14.9. The van der Waals surface area contributed by atoms with Crippen LogP contribution in [0.15, 0.2) is 33.5 Å². The Morgan fingerprint density at radius 3 is 2.77 bits per heavy atom. The third-order valence-corrected chi connectivity index (χ3v) is 4.74. The van der Waals surface area contributed by atoms with Crippen LogP contribution in [0, 0.1) is 0 Å². The number of oxazole rings is 1. The van der Waals surface area contributed by atoms with E-state index in [1.165, 1.54) is 11.0 Å². The van der Waals surface area contributed by atoms with Crippen molar-refractivity contribution < 1.29 is 18.7 Å². The number of carbonyl (C=O) groups is 2. The number of aryl methyl sites for hydroxylation is 1. The molecule has 0 saturated heterocycles. The Bertz CT molecular complexity index is 832. The topological polar surface area (TPSA) is 90.5 Å². The van der Waals surface area contributed by atoms with Crippen LogP contribution in [-0.2, 0) is 20.9 Å². The molecule has 0 aliphatic heterocycles. The van der Waals surface area contributed by atoms with Crippen LogP contribution in [0.1, 0.15) is 45.4 Å². The standard InChI is InChI=1S/C19H24N2O5/c1-13(18(23)20-14-7-3-2-4-8-14)25-17(22)11-12-21-15-9-5-6-10-16(15)26-19(21)24/h5-6,9-10,13-14H,2-4,7-8,11-12H2,1H3,(H,20,23)/t13-/m1/s1. The molecule has 1 aromatic carbocycles. The van der Waals surface area contributed by atoms with E-state index in [1.54, 1.807) is 31.2 Å². The van der Waals surface area contributed by atoms with Gasteiger partial charge in [0.15, 0.2) is 11.7 Å². The molecule has 1 saturated carbocycles. The molecule has 3 rings (SSSR count). The first-order valence-electron chi connectivity index (χ1n) is 9.13. The fraction of sp³-hybridized carbons (Fsp3) is 0.526. The highest BCUT2D eigenvalue weighted by molar-refractivity contribution is 5.83. The minimum Gasteiger partial charge on any atom is -0.452 e. The molecule has 1 amide bonds. The monoisotopic (exact) mass is 360 g/mol. The van der Waals surface area contributed by atoms with Crippen LogP contribution >= 0.6 is 0 Å². The number of nitrogens with zero attached hydrogens (tertiary/aromatic N) is 1. The molecule has 26 heavy (non-hydrogen) atoms. The van der Waals surface area contributed by atoms with E-state index in [4.69, 9.17) is 9.15 Å². The summed E-state index contributed by atoms with van der Waals surface area (Å²) in [5.74, 6) is -1.30. The van der Waals surface area contributed by atoms with Crippen molar-refractivity contribution in [2.24, 2.45) is 0 Å². The SMILES string of the molecule is C[C@@H](OC(=O)CCn1c(=O)oc2ccccc21)C(=O)NC1CCCCC1. The van der Waals surface area contributed by atoms with Gasteiger partial charge in [-0.05, 0) is 31.9 Å². The van der Waals surface area contributed by atoms with E-state index in [0.717, 1.165) is 25.7 Å². The first-order valence-corrected chi connectivity index (χ1v) is 9.13. The zero-order valence-corrected chi connectivity index (χ0v) is 14.9. The Labute approximate surface area is 151 Å². The number of benzene rings is 1. The van der Waals surface area contributed by atoms with Crippen molar-refractivity contribution in [1.29, 1.82) is 0 Å². The molecule has 7 heteroatoms. The average molecular weight is 360 g/mol. The molecular formula is C19H24N2O5. The van der Waals surface area contributed by atoms with Crippen molar-refractivity contribution in [2.75, 3.05) is 0 Å². The predicted octanol–water partition coefficient (Wildman–Crippen LogP) is 2.37. The van der Waals surface area contributed by atoms with Crippen LogP contribution in [0.4, 0.5) is 0 Å². The van der Waals surface area contributed by atoms with Crippen molar-refractivity contribution in [3.05, 3.63) is 34.8 Å². The Hall–Kier alpha value is -2.57. The molecule has 1 aromatic heterocycles. The molecule has 7 nitrogen and oxygen atoms in total. The maximum Gasteiger partial charge on any atom is 0.419 e. The van der Waals surface area contributed by atoms with Crippen molar-refractivity contribution in [2.45, 2.75) is 64.1 Å². The van der Waals surface area contributed by atoms with E-state index in [9.17, 15) is 14.4 Å². The summed E-state index contributed by atoms with van der Waals surface area (Å²) >= 11 is 0. The van der Waals surface area contributed by atoms with Gasteiger partial charge in [-0.2, -0.15) is 0 Å². The molecule has 0 bridgehead atoms. The van der Waals surface area contributed by atoms with E-state index >= 15 is 0 Å². The summed E-state index contributed by atoms with van der Waals surface area (Å²) in [6.07, 6.45) is 4.54. The summed E-state index contributed by atoms with van der Waals surface area (Å²) in [6.45, 7) is 1.71. The highest BCUT2D eigenvalue weighted by Crippen LogP contribution is 2.17. The van der Waals surface area contributed by atoms with Crippen LogP contribution in [0.2, 0.25) is 0 Å². The number of carbonyl (C=O) groups excluding carboxylic acids is 2. The van der Waals surface area contributed by atoms with Crippen LogP contribution < -0.4 is 11.1 Å². The van der Waals surface area contributed by atoms with Gasteiger partial charge in [-0.1, -0.05) is 31.4 Å². The first-order chi connectivity index (χ1) is 12.5. The molecule has 1 heterocycles. The van der Waals surface area contributed by atoms with Crippen molar-refractivity contribution in [3.8, 4) is 0 Å². The van der Waals surface area contributed by atoms with Gasteiger partial charge in [0.1, 0.15) is 0 Å². The minimum absolute atomic E-state index is 0.00944. The molecule has 2 aromatic rings. The Morgan fingerprint density at radius 1 is 1.27 bits per heavy atom. The first kappa shape index (κ1) is 18.2. The third-order valence-electron chi connectivity index (χ3n) is 4.74. The van der Waals surface area contributed by atoms with Crippen LogP contribution in [-0.4, -0.2) is 28.6 Å². The Kier molecular flexibility index (Phi) is 5.75. The zero-order chi connectivity index (χ0) is 18.5. The maximum absolute atomic E-state index is 12.2. The molecule has 0 unspecified atom stereocenters. The lowest BCUT2D eigenvalue weighted by molar-refractivity contribution is -0.155. The fourth-order valence-electron chi connectivity index (χ4n) is 3.30. The highest BCUT2D eigenvalue weighted by Gasteiger charge is 2.22. The van der Waals surface area contributed by atoms with Gasteiger partial charge in [0.25, 0.3) is 5.91 Å². The molecule has 1 atom stereocenters. The van der Waals surface area contributed by atoms with Crippen molar-refractivity contribution in [1.82, 2.24) is 9.88 Å². The van der Waals surface area contributed by atoms with Gasteiger partial charge in [-0.25, -0.2) is 4.79 Å². The lowest BCUT2D eigenvalue weighted by Crippen LogP contribution is -2.42. The maximum atomic E-state index is 12.2. The van der Waals surface area contributed by atoms with Crippen molar-refractivity contribution in [3.63, 3.8) is 0 Å². The van der Waals surface area contributed by atoms with Gasteiger partial charge in [-0.3, -0.25) is 14.2 Å². The summed E-state index contributed by atoms with van der Waals surface area (Å²) in [7, 11) is 0. The Balaban J connectivity index is 1.50. The molecule has 1 fully saturated rings. The number of rotatable bonds is 6. The third kappa shape index (κ3) is 4.33. The second kappa shape index (κ2) is 8.21.